The third-order valence-corrected chi connectivity index (χ3v) is 0.333. The molecular weight excluding hydrogens is 118 g/mol. The largest absolute Gasteiger partial charge is 0.478 e. The molecule has 0 unspecified atom stereocenters. The number of aliphatic carboxylic acids is 1. The zero-order chi connectivity index (χ0) is 7.70. The number of carbonyl (C=O) groups is 1. The van der Waals surface area contributed by atoms with E-state index in [4.69, 9.17) is 10.4 Å². The molecule has 50 valence electrons. The van der Waals surface area contributed by atoms with E-state index in [0.29, 0.717) is 6.42 Å². The molecule has 0 amide bonds. The maximum atomic E-state index is 9.25. The maximum Gasteiger partial charge on any atom is 0.327 e. The lowest BCUT2D eigenvalue weighted by atomic mass is 10.6. The van der Waals surface area contributed by atoms with E-state index >= 15 is 0 Å². The van der Waals surface area contributed by atoms with Crippen molar-refractivity contribution < 1.29 is 9.90 Å². The standard InChI is InChI=1S/C3H5N.C3H4O2/c1-2-3-4;1-2-3(4)5/h2H2,1H3;2H,1H2,(H,4,5). The molecule has 0 saturated carbocycles. The van der Waals surface area contributed by atoms with Crippen LogP contribution in [0.1, 0.15) is 13.3 Å². The van der Waals surface area contributed by atoms with Crippen LogP contribution in [0, 0.1) is 11.3 Å². The zero-order valence-electron chi connectivity index (χ0n) is 5.29. The fourth-order valence-electron chi connectivity index (χ4n) is 0. The normalized spacial score (nSPS) is 5.78. The average molecular weight is 127 g/mol. The summed E-state index contributed by atoms with van der Waals surface area (Å²) in [5.74, 6) is -0.981. The second kappa shape index (κ2) is 9.85. The molecule has 0 aliphatic carbocycles. The van der Waals surface area contributed by atoms with E-state index in [9.17, 15) is 4.79 Å². The third-order valence-electron chi connectivity index (χ3n) is 0.333. The quantitative estimate of drug-likeness (QED) is 0.538. The second-order valence-electron chi connectivity index (χ2n) is 1.05. The molecule has 1 N–H and O–H groups in total. The molecule has 0 fully saturated rings. The average Bonchev–Trinajstić information content (AvgIpc) is 1.89. The molecule has 0 saturated heterocycles. The highest BCUT2D eigenvalue weighted by molar-refractivity contribution is 5.78. The first kappa shape index (κ1) is 10.6. The van der Waals surface area contributed by atoms with Gasteiger partial charge in [-0.1, -0.05) is 13.5 Å². The summed E-state index contributed by atoms with van der Waals surface area (Å²) in [7, 11) is 0. The molecule has 0 radical (unpaired) electrons. The first-order valence-corrected chi connectivity index (χ1v) is 2.41. The van der Waals surface area contributed by atoms with Gasteiger partial charge in [0.15, 0.2) is 0 Å². The molecule has 0 aliphatic rings. The van der Waals surface area contributed by atoms with Crippen molar-refractivity contribution in [1.82, 2.24) is 0 Å². The Morgan fingerprint density at radius 3 is 2.22 bits per heavy atom. The van der Waals surface area contributed by atoms with E-state index in [1.807, 2.05) is 13.0 Å². The van der Waals surface area contributed by atoms with Crippen LogP contribution in [0.25, 0.3) is 0 Å². The molecular formula is C6H9NO2. The Kier molecular flexibility index (Phi) is 11.6. The lowest BCUT2D eigenvalue weighted by Crippen LogP contribution is -1.82. The molecule has 9 heavy (non-hydrogen) atoms. The van der Waals surface area contributed by atoms with Gasteiger partial charge < -0.3 is 5.11 Å². The maximum absolute atomic E-state index is 9.25. The van der Waals surface area contributed by atoms with Crippen molar-refractivity contribution in [2.24, 2.45) is 0 Å². The highest BCUT2D eigenvalue weighted by atomic mass is 16.4. The van der Waals surface area contributed by atoms with Crippen LogP contribution in [0.3, 0.4) is 0 Å². The minimum Gasteiger partial charge on any atom is -0.478 e. The summed E-state index contributed by atoms with van der Waals surface area (Å²) >= 11 is 0. The number of nitriles is 1. The van der Waals surface area contributed by atoms with E-state index in [1.165, 1.54) is 0 Å². The van der Waals surface area contributed by atoms with Gasteiger partial charge in [-0.15, -0.1) is 0 Å². The highest BCUT2D eigenvalue weighted by Crippen LogP contribution is 1.58. The summed E-state index contributed by atoms with van der Waals surface area (Å²) in [4.78, 5) is 9.25. The van der Waals surface area contributed by atoms with Gasteiger partial charge in [-0.3, -0.25) is 0 Å². The van der Waals surface area contributed by atoms with Crippen LogP contribution in [-0.4, -0.2) is 11.1 Å². The topological polar surface area (TPSA) is 61.1 Å². The minimum atomic E-state index is -0.981. The van der Waals surface area contributed by atoms with Crippen molar-refractivity contribution >= 4 is 5.97 Å². The Morgan fingerprint density at radius 2 is 2.22 bits per heavy atom. The van der Waals surface area contributed by atoms with Gasteiger partial charge in [0.1, 0.15) is 0 Å². The van der Waals surface area contributed by atoms with Crippen molar-refractivity contribution in [2.75, 3.05) is 0 Å². The van der Waals surface area contributed by atoms with Gasteiger partial charge in [0.25, 0.3) is 0 Å². The van der Waals surface area contributed by atoms with E-state index < -0.39 is 5.97 Å². The Bertz CT molecular complexity index is 124. The van der Waals surface area contributed by atoms with Gasteiger partial charge in [-0.05, 0) is 0 Å². The second-order valence-corrected chi connectivity index (χ2v) is 1.05. The SMILES string of the molecule is C=CC(=O)O.CCC#N. The van der Waals surface area contributed by atoms with Crippen molar-refractivity contribution in [1.29, 1.82) is 5.26 Å². The number of hydrogen-bond donors (Lipinski definition) is 1. The van der Waals surface area contributed by atoms with Crippen LogP contribution >= 0.6 is 0 Å². The monoisotopic (exact) mass is 127 g/mol. The molecule has 0 bridgehead atoms. The predicted octanol–water partition coefficient (Wildman–Crippen LogP) is 1.18. The van der Waals surface area contributed by atoms with Crippen LogP contribution in [0.5, 0.6) is 0 Å². The van der Waals surface area contributed by atoms with Crippen molar-refractivity contribution in [3.63, 3.8) is 0 Å². The first-order valence-electron chi connectivity index (χ1n) is 2.41. The lowest BCUT2D eigenvalue weighted by molar-refractivity contribution is -0.131. The van der Waals surface area contributed by atoms with Crippen molar-refractivity contribution in [2.45, 2.75) is 13.3 Å². The molecule has 0 spiro atoms. The first-order chi connectivity index (χ1) is 4.18. The molecule has 0 aliphatic heterocycles. The summed E-state index contributed by atoms with van der Waals surface area (Å²) in [6, 6.07) is 1.93. The van der Waals surface area contributed by atoms with Gasteiger partial charge in [0.05, 0.1) is 6.07 Å². The van der Waals surface area contributed by atoms with E-state index in [0.717, 1.165) is 6.08 Å². The molecule has 0 aromatic carbocycles. The highest BCUT2D eigenvalue weighted by Gasteiger charge is 1.73. The summed E-state index contributed by atoms with van der Waals surface area (Å²) in [5.41, 5.74) is 0. The Labute approximate surface area is 54.2 Å². The molecule has 0 atom stereocenters. The third kappa shape index (κ3) is 51.2. The van der Waals surface area contributed by atoms with Crippen molar-refractivity contribution in [3.8, 4) is 6.07 Å². The number of hydrogen-bond acceptors (Lipinski definition) is 2. The number of rotatable bonds is 1. The predicted molar refractivity (Wildman–Crippen MR) is 33.7 cm³/mol. The fourth-order valence-corrected chi connectivity index (χ4v) is 0. The fraction of sp³-hybridized carbons (Fsp3) is 0.333. The van der Waals surface area contributed by atoms with Crippen LogP contribution in [0.4, 0.5) is 0 Å². The Hall–Kier alpha value is -1.30. The number of nitrogens with zero attached hydrogens (tertiary/aromatic N) is 1. The van der Waals surface area contributed by atoms with Gasteiger partial charge in [-0.25, -0.2) is 4.79 Å². The summed E-state index contributed by atoms with van der Waals surface area (Å²) in [6.45, 7) is 4.78. The van der Waals surface area contributed by atoms with E-state index in [2.05, 4.69) is 6.58 Å². The molecule has 0 aromatic heterocycles. The zero-order valence-corrected chi connectivity index (χ0v) is 5.29. The van der Waals surface area contributed by atoms with Gasteiger partial charge in [-0.2, -0.15) is 5.26 Å². The Morgan fingerprint density at radius 1 is 2.00 bits per heavy atom. The van der Waals surface area contributed by atoms with Crippen LogP contribution in [-0.2, 0) is 4.79 Å². The van der Waals surface area contributed by atoms with Crippen molar-refractivity contribution in [3.05, 3.63) is 12.7 Å². The summed E-state index contributed by atoms with van der Waals surface area (Å²) in [5, 5.41) is 15.2. The van der Waals surface area contributed by atoms with Crippen LogP contribution < -0.4 is 0 Å². The van der Waals surface area contributed by atoms with Gasteiger partial charge in [0.2, 0.25) is 0 Å². The van der Waals surface area contributed by atoms with Gasteiger partial charge in [0, 0.05) is 12.5 Å². The molecule has 3 nitrogen and oxygen atoms in total. The number of carboxylic acids is 1. The Balaban J connectivity index is 0. The van der Waals surface area contributed by atoms with Crippen LogP contribution in [0.15, 0.2) is 12.7 Å². The molecule has 0 heterocycles. The molecule has 0 aromatic rings. The van der Waals surface area contributed by atoms with E-state index in [-0.39, 0.29) is 0 Å². The van der Waals surface area contributed by atoms with Crippen LogP contribution in [0.2, 0.25) is 0 Å². The number of carboxylic acid groups (broad SMARTS) is 1. The lowest BCUT2D eigenvalue weighted by Gasteiger charge is -1.64. The van der Waals surface area contributed by atoms with E-state index in [1.54, 1.807) is 0 Å². The summed E-state index contributed by atoms with van der Waals surface area (Å²) < 4.78 is 0. The van der Waals surface area contributed by atoms with Gasteiger partial charge >= 0.3 is 5.97 Å². The minimum absolute atomic E-state index is 0.625. The molecule has 0 rings (SSSR count). The summed E-state index contributed by atoms with van der Waals surface area (Å²) in [6.07, 6.45) is 1.46. The smallest absolute Gasteiger partial charge is 0.327 e. The molecule has 3 heteroatoms.